The van der Waals surface area contributed by atoms with Gasteiger partial charge in [-0.3, -0.25) is 19.3 Å². The Morgan fingerprint density at radius 2 is 1.95 bits per heavy atom. The van der Waals surface area contributed by atoms with Gasteiger partial charge in [-0.15, -0.1) is 6.58 Å². The van der Waals surface area contributed by atoms with E-state index in [-0.39, 0.29) is 36.3 Å². The van der Waals surface area contributed by atoms with E-state index >= 15 is 0 Å². The van der Waals surface area contributed by atoms with Crippen molar-refractivity contribution < 1.29 is 34.8 Å². The molecule has 4 atom stereocenters. The van der Waals surface area contributed by atoms with E-state index in [2.05, 4.69) is 11.9 Å². The van der Waals surface area contributed by atoms with E-state index in [1.165, 1.54) is 4.90 Å². The maximum Gasteiger partial charge on any atom is 0.255 e. The highest BCUT2D eigenvalue weighted by molar-refractivity contribution is 6.24. The van der Waals surface area contributed by atoms with Crippen molar-refractivity contribution in [2.24, 2.45) is 17.6 Å². The Hall–Kier alpha value is -3.47. The zero-order valence-corrected chi connectivity index (χ0v) is 21.2. The van der Waals surface area contributed by atoms with Crippen molar-refractivity contribution in [3.05, 3.63) is 63.6 Å². The van der Waals surface area contributed by atoms with Gasteiger partial charge >= 0.3 is 0 Å². The molecule has 3 aliphatic rings. The van der Waals surface area contributed by atoms with Crippen LogP contribution in [0.15, 0.2) is 41.4 Å². The molecule has 0 heterocycles. The third-order valence-corrected chi connectivity index (χ3v) is 7.88. The molecule has 4 rings (SSSR count). The van der Waals surface area contributed by atoms with E-state index in [1.807, 2.05) is 13.0 Å². The molecule has 1 aromatic carbocycles. The summed E-state index contributed by atoms with van der Waals surface area (Å²) in [6.45, 7) is 6.36. The van der Waals surface area contributed by atoms with Crippen LogP contribution in [-0.4, -0.2) is 75.1 Å². The molecule has 0 saturated carbocycles. The molecule has 0 spiro atoms. The number of nitrogens with two attached hydrogens (primary N) is 1. The van der Waals surface area contributed by atoms with Gasteiger partial charge in [-0.2, -0.15) is 0 Å². The van der Waals surface area contributed by atoms with Gasteiger partial charge in [0.15, 0.2) is 11.4 Å². The Balaban J connectivity index is 1.92. The molecule has 0 fully saturated rings. The number of aromatic hydroxyl groups is 1. The van der Waals surface area contributed by atoms with Crippen molar-refractivity contribution in [1.82, 2.24) is 10.2 Å². The summed E-state index contributed by atoms with van der Waals surface area (Å²) < 4.78 is 0. The normalized spacial score (nSPS) is 27.2. The van der Waals surface area contributed by atoms with Crippen LogP contribution in [0.3, 0.4) is 0 Å². The monoisotopic (exact) mass is 511 g/mol. The molecule has 0 bridgehead atoms. The average molecular weight is 512 g/mol. The molecule has 198 valence electrons. The average Bonchev–Trinajstić information content (AvgIpc) is 2.82. The molecule has 0 aromatic heterocycles. The first-order valence-electron chi connectivity index (χ1n) is 12.2. The lowest BCUT2D eigenvalue weighted by Crippen LogP contribution is -2.63. The maximum absolute atomic E-state index is 13.9. The summed E-state index contributed by atoms with van der Waals surface area (Å²) in [5.74, 6) is -6.47. The molecule has 0 aliphatic heterocycles. The highest BCUT2D eigenvalue weighted by Crippen LogP contribution is 2.52. The number of hydrogen-bond acceptors (Lipinski definition) is 9. The number of rotatable bonds is 7. The van der Waals surface area contributed by atoms with E-state index < -0.39 is 58.0 Å². The maximum atomic E-state index is 13.9. The largest absolute Gasteiger partial charge is 0.510 e. The topological polar surface area (TPSA) is 173 Å². The fraction of sp³-hybridized carbons (Fsp3) is 0.444. The van der Waals surface area contributed by atoms with Crippen LogP contribution in [0.5, 0.6) is 5.75 Å². The molecule has 10 heteroatoms. The first kappa shape index (κ1) is 26.6. The SMILES string of the molecule is C=CCNCc1cc(CC)c2c(c1O)C(=O)C1=C(O)[C@]3(O)C(=O)C(C(N)=O)=C(O)C(N(C)C)[C@@H]3C[C@@H]1C2. The van der Waals surface area contributed by atoms with Gasteiger partial charge in [0, 0.05) is 30.1 Å². The summed E-state index contributed by atoms with van der Waals surface area (Å²) in [4.78, 5) is 40.8. The number of hydrogen-bond donors (Lipinski definition) is 6. The predicted octanol–water partition coefficient (Wildman–Crippen LogP) is 0.959. The van der Waals surface area contributed by atoms with Crippen molar-refractivity contribution in [1.29, 1.82) is 0 Å². The number of likely N-dealkylation sites (N-methyl/N-ethyl adjacent to an activating group) is 1. The van der Waals surface area contributed by atoms with Crippen molar-refractivity contribution in [3.8, 4) is 5.75 Å². The van der Waals surface area contributed by atoms with Crippen molar-refractivity contribution in [2.45, 2.75) is 44.4 Å². The van der Waals surface area contributed by atoms with Crippen LogP contribution in [0.1, 0.15) is 40.4 Å². The van der Waals surface area contributed by atoms with Crippen molar-refractivity contribution in [3.63, 3.8) is 0 Å². The van der Waals surface area contributed by atoms with Crippen LogP contribution >= 0.6 is 0 Å². The van der Waals surface area contributed by atoms with Crippen LogP contribution in [0.2, 0.25) is 0 Å². The molecule has 0 saturated heterocycles. The standard InChI is InChI=1S/C27H33N3O7/c1-5-7-29-11-14-8-12(6-2)15-9-13-10-16-20(30(3)4)23(33)19(26(28)36)25(35)27(16,37)24(34)17(13)22(32)18(15)21(14)31/h5,8,13,16,20,29,31,33-34,37H,1,6-7,9-11H2,2-4H3,(H2,28,36)/t13-,16-,20?,27-/m0/s1. The summed E-state index contributed by atoms with van der Waals surface area (Å²) >= 11 is 0. The Kier molecular flexibility index (Phi) is 6.78. The molecule has 1 aromatic rings. The Morgan fingerprint density at radius 1 is 1.27 bits per heavy atom. The number of primary amides is 1. The number of Topliss-reactive ketones (excluding diaryl/α,β-unsaturated/α-hetero) is 2. The third-order valence-electron chi connectivity index (χ3n) is 7.88. The number of carbonyl (C=O) groups excluding carboxylic acids is 3. The van der Waals surface area contributed by atoms with Gasteiger partial charge in [0.05, 0.1) is 11.6 Å². The quantitative estimate of drug-likeness (QED) is 0.177. The Bertz CT molecular complexity index is 1280. The molecule has 3 aliphatic carbocycles. The fourth-order valence-corrected chi connectivity index (χ4v) is 6.22. The second-order valence-corrected chi connectivity index (χ2v) is 10.1. The summed E-state index contributed by atoms with van der Waals surface area (Å²) in [7, 11) is 3.20. The second kappa shape index (κ2) is 9.44. The molecular formula is C27H33N3O7. The number of nitrogens with zero attached hydrogens (tertiary/aromatic N) is 1. The zero-order valence-electron chi connectivity index (χ0n) is 21.2. The molecule has 1 amide bonds. The number of allylic oxidation sites excluding steroid dienone is 1. The van der Waals surface area contributed by atoms with Crippen molar-refractivity contribution in [2.75, 3.05) is 20.6 Å². The summed E-state index contributed by atoms with van der Waals surface area (Å²) in [6.07, 6.45) is 2.62. The summed E-state index contributed by atoms with van der Waals surface area (Å²) in [6, 6.07) is 0.842. The number of carbonyl (C=O) groups is 3. The smallest absolute Gasteiger partial charge is 0.255 e. The number of ketones is 2. The van der Waals surface area contributed by atoms with Crippen LogP contribution in [0.4, 0.5) is 0 Å². The Morgan fingerprint density at radius 3 is 2.51 bits per heavy atom. The molecule has 10 nitrogen and oxygen atoms in total. The highest BCUT2D eigenvalue weighted by atomic mass is 16.3. The van der Waals surface area contributed by atoms with Crippen LogP contribution in [0, 0.1) is 11.8 Å². The zero-order chi connectivity index (χ0) is 27.4. The predicted molar refractivity (Wildman–Crippen MR) is 135 cm³/mol. The van der Waals surface area contributed by atoms with Gasteiger partial charge in [-0.25, -0.2) is 0 Å². The Labute approximate surface area is 214 Å². The van der Waals surface area contributed by atoms with E-state index in [0.29, 0.717) is 24.1 Å². The number of fused-ring (bicyclic) bond motifs is 3. The molecule has 37 heavy (non-hydrogen) atoms. The van der Waals surface area contributed by atoms with E-state index in [1.54, 1.807) is 20.2 Å². The van der Waals surface area contributed by atoms with Crippen molar-refractivity contribution >= 4 is 17.5 Å². The minimum absolute atomic E-state index is 0.0375. The number of aliphatic hydroxyl groups excluding tert-OH is 2. The minimum atomic E-state index is -2.64. The first-order valence-corrected chi connectivity index (χ1v) is 12.2. The minimum Gasteiger partial charge on any atom is -0.510 e. The number of aliphatic hydroxyl groups is 3. The molecule has 7 N–H and O–H groups in total. The van der Waals surface area contributed by atoms with E-state index in [4.69, 9.17) is 5.73 Å². The lowest BCUT2D eigenvalue weighted by molar-refractivity contribution is -0.148. The first-order chi connectivity index (χ1) is 17.4. The summed E-state index contributed by atoms with van der Waals surface area (Å²) in [5.41, 5.74) is 3.81. The van der Waals surface area contributed by atoms with Gasteiger partial charge in [0.2, 0.25) is 5.78 Å². The third kappa shape index (κ3) is 3.78. The summed E-state index contributed by atoms with van der Waals surface area (Å²) in [5, 5.41) is 48.1. The number of amides is 1. The number of nitrogens with one attached hydrogen (secondary N) is 1. The number of phenols is 1. The lowest BCUT2D eigenvalue weighted by Gasteiger charge is -2.50. The van der Waals surface area contributed by atoms with E-state index in [0.717, 1.165) is 5.56 Å². The number of aryl methyl sites for hydroxylation is 1. The molecule has 1 unspecified atom stereocenters. The van der Waals surface area contributed by atoms with Gasteiger partial charge in [-0.05, 0) is 50.4 Å². The van der Waals surface area contributed by atoms with Gasteiger partial charge < -0.3 is 31.5 Å². The number of phenolic OH excluding ortho intramolecular Hbond substituents is 1. The van der Waals surface area contributed by atoms with Crippen LogP contribution in [-0.2, 0) is 29.0 Å². The van der Waals surface area contributed by atoms with Gasteiger partial charge in [-0.1, -0.05) is 19.1 Å². The van der Waals surface area contributed by atoms with Gasteiger partial charge in [0.1, 0.15) is 22.8 Å². The molecular weight excluding hydrogens is 478 g/mol. The van der Waals surface area contributed by atoms with Crippen LogP contribution < -0.4 is 11.1 Å². The lowest BCUT2D eigenvalue weighted by atomic mass is 9.58. The fourth-order valence-electron chi connectivity index (χ4n) is 6.22. The molecule has 0 radical (unpaired) electrons. The number of benzene rings is 1. The second-order valence-electron chi connectivity index (χ2n) is 10.1. The van der Waals surface area contributed by atoms with Crippen LogP contribution in [0.25, 0.3) is 0 Å². The van der Waals surface area contributed by atoms with Gasteiger partial charge in [0.25, 0.3) is 5.91 Å². The highest BCUT2D eigenvalue weighted by Gasteiger charge is 2.63. The van der Waals surface area contributed by atoms with E-state index in [9.17, 15) is 34.8 Å².